The quantitative estimate of drug-likeness (QED) is 0.341. The highest BCUT2D eigenvalue weighted by atomic mass is 35.5. The summed E-state index contributed by atoms with van der Waals surface area (Å²) in [4.78, 5) is 23.2. The molecule has 0 bridgehead atoms. The summed E-state index contributed by atoms with van der Waals surface area (Å²) in [5.41, 5.74) is 2.38. The average Bonchev–Trinajstić information content (AvgIpc) is 3.41. The molecule has 2 aromatic heterocycles. The van der Waals surface area contributed by atoms with Crippen molar-refractivity contribution in [3.8, 4) is 22.7 Å². The van der Waals surface area contributed by atoms with Gasteiger partial charge in [-0.15, -0.1) is 0 Å². The molecule has 0 fully saturated rings. The van der Waals surface area contributed by atoms with Crippen LogP contribution in [0.2, 0.25) is 5.02 Å². The van der Waals surface area contributed by atoms with Gasteiger partial charge >= 0.3 is 5.88 Å². The number of rotatable bonds is 6. The van der Waals surface area contributed by atoms with Gasteiger partial charge in [-0.25, -0.2) is 0 Å². The van der Waals surface area contributed by atoms with E-state index < -0.39 is 10.8 Å². The SMILES string of the molecule is O=C(CNc1ccc(Cl)cc1)n1nc(-c2ccc([N+](=O)[O-])o2)cc1-c1ccccc1. The number of furan rings is 1. The summed E-state index contributed by atoms with van der Waals surface area (Å²) in [7, 11) is 0. The van der Waals surface area contributed by atoms with E-state index in [4.69, 9.17) is 16.0 Å². The number of nitrogens with one attached hydrogen (secondary N) is 1. The second-order valence-electron chi connectivity index (χ2n) is 6.34. The summed E-state index contributed by atoms with van der Waals surface area (Å²) in [6.45, 7) is -0.0130. The van der Waals surface area contributed by atoms with Crippen LogP contribution in [0.25, 0.3) is 22.7 Å². The summed E-state index contributed by atoms with van der Waals surface area (Å²) >= 11 is 5.88. The molecule has 1 N–H and O–H groups in total. The topological polar surface area (TPSA) is 103 Å². The summed E-state index contributed by atoms with van der Waals surface area (Å²) in [6, 6.07) is 20.6. The molecule has 0 aliphatic rings. The normalized spacial score (nSPS) is 10.7. The van der Waals surface area contributed by atoms with Crippen molar-refractivity contribution >= 4 is 29.1 Å². The van der Waals surface area contributed by atoms with Crippen LogP contribution in [0.5, 0.6) is 0 Å². The molecule has 2 aromatic carbocycles. The third-order valence-electron chi connectivity index (χ3n) is 4.33. The van der Waals surface area contributed by atoms with Crippen LogP contribution in [0, 0.1) is 10.1 Å². The van der Waals surface area contributed by atoms with Gasteiger partial charge in [-0.3, -0.25) is 14.9 Å². The van der Waals surface area contributed by atoms with E-state index in [0.717, 1.165) is 11.3 Å². The Labute approximate surface area is 175 Å². The van der Waals surface area contributed by atoms with Crippen molar-refractivity contribution in [1.82, 2.24) is 9.78 Å². The number of carbonyl (C=O) groups excluding carboxylic acids is 1. The molecule has 150 valence electrons. The first kappa shape index (κ1) is 19.4. The van der Waals surface area contributed by atoms with E-state index in [9.17, 15) is 14.9 Å². The Morgan fingerprint density at radius 3 is 2.50 bits per heavy atom. The molecule has 4 aromatic rings. The van der Waals surface area contributed by atoms with E-state index in [2.05, 4.69) is 10.4 Å². The highest BCUT2D eigenvalue weighted by Gasteiger charge is 2.20. The van der Waals surface area contributed by atoms with Gasteiger partial charge in [0, 0.05) is 16.3 Å². The zero-order valence-electron chi connectivity index (χ0n) is 15.5. The van der Waals surface area contributed by atoms with Gasteiger partial charge in [-0.1, -0.05) is 41.9 Å². The van der Waals surface area contributed by atoms with Crippen LogP contribution in [0.3, 0.4) is 0 Å². The molecule has 0 spiro atoms. The number of carbonyl (C=O) groups is 1. The van der Waals surface area contributed by atoms with Gasteiger partial charge in [-0.05, 0) is 36.4 Å². The molecule has 0 saturated carbocycles. The van der Waals surface area contributed by atoms with Crippen molar-refractivity contribution in [1.29, 1.82) is 0 Å². The number of anilines is 1. The van der Waals surface area contributed by atoms with Gasteiger partial charge in [0.25, 0.3) is 5.91 Å². The smallest absolute Gasteiger partial charge is 0.399 e. The molecule has 0 unspecified atom stereocenters. The van der Waals surface area contributed by atoms with Crippen molar-refractivity contribution in [3.05, 3.63) is 87.9 Å². The van der Waals surface area contributed by atoms with Crippen LogP contribution in [0.15, 0.2) is 77.2 Å². The predicted molar refractivity (Wildman–Crippen MR) is 113 cm³/mol. The predicted octanol–water partition coefficient (Wildman–Crippen LogP) is 5.12. The highest BCUT2D eigenvalue weighted by molar-refractivity contribution is 6.30. The van der Waals surface area contributed by atoms with Gasteiger partial charge < -0.3 is 9.73 Å². The fourth-order valence-corrected chi connectivity index (χ4v) is 3.02. The van der Waals surface area contributed by atoms with E-state index in [1.165, 1.54) is 16.8 Å². The van der Waals surface area contributed by atoms with Crippen molar-refractivity contribution in [3.63, 3.8) is 0 Å². The van der Waals surface area contributed by atoms with E-state index in [1.807, 2.05) is 30.3 Å². The second kappa shape index (κ2) is 8.22. The summed E-state index contributed by atoms with van der Waals surface area (Å²) in [5, 5.41) is 18.9. The largest absolute Gasteiger partial charge is 0.433 e. The second-order valence-corrected chi connectivity index (χ2v) is 6.78. The highest BCUT2D eigenvalue weighted by Crippen LogP contribution is 2.29. The molecule has 0 atom stereocenters. The zero-order chi connectivity index (χ0) is 21.1. The Kier molecular flexibility index (Phi) is 5.32. The molecule has 8 nitrogen and oxygen atoms in total. The lowest BCUT2D eigenvalue weighted by atomic mass is 10.1. The van der Waals surface area contributed by atoms with Crippen molar-refractivity contribution in [2.75, 3.05) is 11.9 Å². The van der Waals surface area contributed by atoms with Crippen LogP contribution in [0.1, 0.15) is 4.79 Å². The average molecular weight is 423 g/mol. The van der Waals surface area contributed by atoms with E-state index in [-0.39, 0.29) is 18.2 Å². The van der Waals surface area contributed by atoms with Crippen LogP contribution in [-0.4, -0.2) is 27.2 Å². The maximum Gasteiger partial charge on any atom is 0.433 e. The van der Waals surface area contributed by atoms with Gasteiger partial charge in [0.2, 0.25) is 0 Å². The molecular weight excluding hydrogens is 408 g/mol. The third-order valence-corrected chi connectivity index (χ3v) is 4.58. The van der Waals surface area contributed by atoms with E-state index in [1.54, 1.807) is 30.3 Å². The number of nitrogens with zero attached hydrogens (tertiary/aromatic N) is 3. The minimum absolute atomic E-state index is 0.0130. The number of halogens is 1. The summed E-state index contributed by atoms with van der Waals surface area (Å²) < 4.78 is 6.51. The van der Waals surface area contributed by atoms with Crippen LogP contribution in [0.4, 0.5) is 11.6 Å². The standard InChI is InChI=1S/C21H15ClN4O4/c22-15-6-8-16(9-7-15)23-13-20(27)25-18(14-4-2-1-3-5-14)12-17(24-25)19-10-11-21(30-19)26(28)29/h1-12,23H,13H2. The summed E-state index contributed by atoms with van der Waals surface area (Å²) in [5.74, 6) is -0.497. The van der Waals surface area contributed by atoms with Gasteiger partial charge in [0.1, 0.15) is 10.6 Å². The van der Waals surface area contributed by atoms with Crippen LogP contribution >= 0.6 is 11.6 Å². The van der Waals surface area contributed by atoms with E-state index in [0.29, 0.717) is 16.4 Å². The molecule has 30 heavy (non-hydrogen) atoms. The monoisotopic (exact) mass is 422 g/mol. The third kappa shape index (κ3) is 4.08. The number of hydrogen-bond donors (Lipinski definition) is 1. The fraction of sp³-hybridized carbons (Fsp3) is 0.0476. The summed E-state index contributed by atoms with van der Waals surface area (Å²) in [6.07, 6.45) is 0. The lowest BCUT2D eigenvalue weighted by Crippen LogP contribution is -2.22. The Morgan fingerprint density at radius 1 is 1.10 bits per heavy atom. The van der Waals surface area contributed by atoms with Crippen molar-refractivity contribution in [2.45, 2.75) is 0 Å². The molecule has 2 heterocycles. The van der Waals surface area contributed by atoms with Gasteiger partial charge in [0.05, 0.1) is 18.3 Å². The maximum absolute atomic E-state index is 12.9. The molecule has 0 radical (unpaired) electrons. The molecular formula is C21H15ClN4O4. The zero-order valence-corrected chi connectivity index (χ0v) is 16.2. The van der Waals surface area contributed by atoms with Gasteiger partial charge in [0.15, 0.2) is 5.76 Å². The number of aromatic nitrogens is 2. The molecule has 0 aliphatic carbocycles. The number of benzene rings is 2. The first-order valence-electron chi connectivity index (χ1n) is 8.94. The molecule has 0 aliphatic heterocycles. The number of hydrogen-bond acceptors (Lipinski definition) is 6. The van der Waals surface area contributed by atoms with Crippen molar-refractivity contribution < 1.29 is 14.1 Å². The Bertz CT molecular complexity index is 1200. The lowest BCUT2D eigenvalue weighted by molar-refractivity contribution is -0.401. The fourth-order valence-electron chi connectivity index (χ4n) is 2.89. The molecule has 9 heteroatoms. The maximum atomic E-state index is 12.9. The lowest BCUT2D eigenvalue weighted by Gasteiger charge is -2.08. The van der Waals surface area contributed by atoms with Gasteiger partial charge in [-0.2, -0.15) is 9.78 Å². The molecule has 0 saturated heterocycles. The minimum atomic E-state index is -0.625. The van der Waals surface area contributed by atoms with Crippen LogP contribution < -0.4 is 5.32 Å². The Morgan fingerprint density at radius 2 is 1.83 bits per heavy atom. The van der Waals surface area contributed by atoms with E-state index >= 15 is 0 Å². The first-order chi connectivity index (χ1) is 14.5. The Hall–Kier alpha value is -3.91. The first-order valence-corrected chi connectivity index (χ1v) is 9.32. The number of nitro groups is 1. The van der Waals surface area contributed by atoms with Crippen molar-refractivity contribution in [2.24, 2.45) is 0 Å². The molecule has 0 amide bonds. The van der Waals surface area contributed by atoms with Crippen LogP contribution in [-0.2, 0) is 0 Å². The molecule has 4 rings (SSSR count). The Balaban J connectivity index is 1.66. The minimum Gasteiger partial charge on any atom is -0.399 e.